The third-order valence-corrected chi connectivity index (χ3v) is 2.21. The normalized spacial score (nSPS) is 10.6. The molecule has 0 saturated heterocycles. The minimum atomic E-state index is -0.533. The number of halogens is 1. The number of nitrogen functional groups attached to an aromatic ring is 1. The first-order valence-electron chi connectivity index (χ1n) is 5.22. The number of hydrogen-bond acceptors (Lipinski definition) is 2. The second-order valence-electron chi connectivity index (χ2n) is 4.32. The van der Waals surface area contributed by atoms with Gasteiger partial charge in [0.2, 0.25) is 0 Å². The Morgan fingerprint density at radius 2 is 2.12 bits per heavy atom. The van der Waals surface area contributed by atoms with E-state index in [1.807, 2.05) is 13.8 Å². The summed E-state index contributed by atoms with van der Waals surface area (Å²) in [6.45, 7) is 4.59. The second-order valence-corrected chi connectivity index (χ2v) is 4.32. The molecular weight excluding hydrogens is 207 g/mol. The number of anilines is 1. The quantitative estimate of drug-likeness (QED) is 0.799. The first-order valence-corrected chi connectivity index (χ1v) is 5.22. The average molecular weight is 224 g/mol. The maximum absolute atomic E-state index is 13.4. The van der Waals surface area contributed by atoms with E-state index in [1.165, 1.54) is 23.1 Å². The molecule has 1 amide bonds. The van der Waals surface area contributed by atoms with Gasteiger partial charge in [0.05, 0.1) is 5.56 Å². The highest BCUT2D eigenvalue weighted by Gasteiger charge is 2.16. The molecule has 0 aliphatic rings. The lowest BCUT2D eigenvalue weighted by molar-refractivity contribution is 0.0774. The molecule has 0 radical (unpaired) electrons. The van der Waals surface area contributed by atoms with Gasteiger partial charge in [-0.25, -0.2) is 4.39 Å². The lowest BCUT2D eigenvalue weighted by atomic mass is 10.1. The molecule has 0 aliphatic heterocycles. The summed E-state index contributed by atoms with van der Waals surface area (Å²) in [4.78, 5) is 13.4. The fourth-order valence-corrected chi connectivity index (χ4v) is 1.54. The van der Waals surface area contributed by atoms with Crippen LogP contribution in [-0.2, 0) is 0 Å². The number of benzene rings is 1. The van der Waals surface area contributed by atoms with Gasteiger partial charge in [-0.2, -0.15) is 0 Å². The fourth-order valence-electron chi connectivity index (χ4n) is 1.54. The maximum atomic E-state index is 13.4. The van der Waals surface area contributed by atoms with Crippen LogP contribution in [0.3, 0.4) is 0 Å². The number of carbonyl (C=O) groups excluding carboxylic acids is 1. The highest BCUT2D eigenvalue weighted by molar-refractivity contribution is 5.95. The second kappa shape index (κ2) is 4.96. The smallest absolute Gasteiger partial charge is 0.256 e. The largest absolute Gasteiger partial charge is 0.399 e. The summed E-state index contributed by atoms with van der Waals surface area (Å²) in [5.74, 6) is -0.522. The molecule has 0 fully saturated rings. The van der Waals surface area contributed by atoms with Crippen molar-refractivity contribution in [3.8, 4) is 0 Å². The highest BCUT2D eigenvalue weighted by Crippen LogP contribution is 2.14. The summed E-state index contributed by atoms with van der Waals surface area (Å²) in [5.41, 5.74) is 5.95. The van der Waals surface area contributed by atoms with Crippen molar-refractivity contribution < 1.29 is 9.18 Å². The van der Waals surface area contributed by atoms with Crippen LogP contribution in [0.4, 0.5) is 10.1 Å². The van der Waals surface area contributed by atoms with E-state index in [4.69, 9.17) is 5.73 Å². The molecule has 0 atom stereocenters. The third kappa shape index (κ3) is 2.95. The van der Waals surface area contributed by atoms with Crippen molar-refractivity contribution in [2.24, 2.45) is 5.92 Å². The van der Waals surface area contributed by atoms with Crippen LogP contribution in [0.15, 0.2) is 18.2 Å². The van der Waals surface area contributed by atoms with Crippen molar-refractivity contribution in [1.29, 1.82) is 0 Å². The molecule has 0 aliphatic carbocycles. The lowest BCUT2D eigenvalue weighted by Gasteiger charge is -2.19. The molecule has 1 aromatic carbocycles. The number of carbonyl (C=O) groups is 1. The number of nitrogens with zero attached hydrogens (tertiary/aromatic N) is 1. The van der Waals surface area contributed by atoms with Gasteiger partial charge in [0.15, 0.2) is 0 Å². The number of hydrogen-bond donors (Lipinski definition) is 1. The van der Waals surface area contributed by atoms with Crippen LogP contribution in [0.2, 0.25) is 0 Å². The van der Waals surface area contributed by atoms with Crippen molar-refractivity contribution in [3.05, 3.63) is 29.6 Å². The molecule has 16 heavy (non-hydrogen) atoms. The van der Waals surface area contributed by atoms with Crippen LogP contribution in [0.25, 0.3) is 0 Å². The zero-order valence-electron chi connectivity index (χ0n) is 9.83. The van der Waals surface area contributed by atoms with E-state index in [0.717, 1.165) is 0 Å². The molecule has 1 aromatic rings. The standard InChI is InChI=1S/C12H17FN2O/c1-8(2)7-15(3)12(16)10-6-9(14)4-5-11(10)13/h4-6,8H,7,14H2,1-3H3. The zero-order chi connectivity index (χ0) is 12.3. The Hall–Kier alpha value is -1.58. The summed E-state index contributed by atoms with van der Waals surface area (Å²) >= 11 is 0. The molecule has 1 rings (SSSR count). The molecule has 0 saturated carbocycles. The van der Waals surface area contributed by atoms with Crippen LogP contribution in [0.1, 0.15) is 24.2 Å². The predicted molar refractivity (Wildman–Crippen MR) is 62.6 cm³/mol. The van der Waals surface area contributed by atoms with Crippen molar-refractivity contribution in [3.63, 3.8) is 0 Å². The van der Waals surface area contributed by atoms with Gasteiger partial charge >= 0.3 is 0 Å². The van der Waals surface area contributed by atoms with Gasteiger partial charge in [0.1, 0.15) is 5.82 Å². The van der Waals surface area contributed by atoms with Gasteiger partial charge < -0.3 is 10.6 Å². The number of amides is 1. The molecule has 4 heteroatoms. The van der Waals surface area contributed by atoms with Crippen molar-refractivity contribution in [2.45, 2.75) is 13.8 Å². The van der Waals surface area contributed by atoms with Crippen LogP contribution in [0.5, 0.6) is 0 Å². The van der Waals surface area contributed by atoms with Crippen LogP contribution in [0, 0.1) is 11.7 Å². The first-order chi connectivity index (χ1) is 7.41. The molecule has 0 aromatic heterocycles. The highest BCUT2D eigenvalue weighted by atomic mass is 19.1. The van der Waals surface area contributed by atoms with Gasteiger partial charge in [-0.3, -0.25) is 4.79 Å². The average Bonchev–Trinajstić information content (AvgIpc) is 2.19. The Morgan fingerprint density at radius 1 is 1.50 bits per heavy atom. The molecule has 0 unspecified atom stereocenters. The summed E-state index contributed by atoms with van der Waals surface area (Å²) < 4.78 is 13.4. The molecule has 0 spiro atoms. The van der Waals surface area contributed by atoms with Crippen molar-refractivity contribution in [1.82, 2.24) is 4.90 Å². The molecule has 3 nitrogen and oxygen atoms in total. The monoisotopic (exact) mass is 224 g/mol. The Kier molecular flexibility index (Phi) is 3.88. The molecular formula is C12H17FN2O. The van der Waals surface area contributed by atoms with E-state index < -0.39 is 5.82 Å². The van der Waals surface area contributed by atoms with E-state index in [9.17, 15) is 9.18 Å². The summed E-state index contributed by atoms with van der Waals surface area (Å²) in [6.07, 6.45) is 0. The molecule has 0 heterocycles. The van der Waals surface area contributed by atoms with Gasteiger partial charge in [-0.05, 0) is 24.1 Å². The zero-order valence-corrected chi connectivity index (χ0v) is 9.83. The third-order valence-electron chi connectivity index (χ3n) is 2.21. The van der Waals surface area contributed by atoms with Crippen LogP contribution < -0.4 is 5.73 Å². The van der Waals surface area contributed by atoms with Crippen LogP contribution in [-0.4, -0.2) is 24.4 Å². The summed E-state index contributed by atoms with van der Waals surface area (Å²) in [5, 5.41) is 0. The lowest BCUT2D eigenvalue weighted by Crippen LogP contribution is -2.30. The Bertz CT molecular complexity index is 391. The minimum Gasteiger partial charge on any atom is -0.399 e. The Balaban J connectivity index is 2.91. The molecule has 0 bridgehead atoms. The van der Waals surface area contributed by atoms with Crippen molar-refractivity contribution >= 4 is 11.6 Å². The molecule has 88 valence electrons. The summed E-state index contributed by atoms with van der Waals surface area (Å²) in [7, 11) is 1.66. The first kappa shape index (κ1) is 12.5. The van der Waals surface area contributed by atoms with Gasteiger partial charge in [-0.15, -0.1) is 0 Å². The Morgan fingerprint density at radius 3 is 2.69 bits per heavy atom. The van der Waals surface area contributed by atoms with Gasteiger partial charge in [-0.1, -0.05) is 13.8 Å². The Labute approximate surface area is 95.0 Å². The SMILES string of the molecule is CC(C)CN(C)C(=O)c1cc(N)ccc1F. The fraction of sp³-hybridized carbons (Fsp3) is 0.417. The van der Waals surface area contributed by atoms with Gasteiger partial charge in [0, 0.05) is 19.3 Å². The van der Waals surface area contributed by atoms with E-state index >= 15 is 0 Å². The van der Waals surface area contributed by atoms with Gasteiger partial charge in [0.25, 0.3) is 5.91 Å². The van der Waals surface area contributed by atoms with Crippen LogP contribution >= 0.6 is 0 Å². The van der Waals surface area contributed by atoms with Crippen molar-refractivity contribution in [2.75, 3.05) is 19.3 Å². The topological polar surface area (TPSA) is 46.3 Å². The molecule has 2 N–H and O–H groups in total. The van der Waals surface area contributed by atoms with E-state index in [-0.39, 0.29) is 11.5 Å². The minimum absolute atomic E-state index is 0.0307. The maximum Gasteiger partial charge on any atom is 0.256 e. The predicted octanol–water partition coefficient (Wildman–Crippen LogP) is 2.14. The van der Waals surface area contributed by atoms with E-state index in [0.29, 0.717) is 18.2 Å². The number of rotatable bonds is 3. The summed E-state index contributed by atoms with van der Waals surface area (Å²) in [6, 6.07) is 4.02. The van der Waals surface area contributed by atoms with E-state index in [1.54, 1.807) is 7.05 Å². The van der Waals surface area contributed by atoms with E-state index in [2.05, 4.69) is 0 Å². The number of nitrogens with two attached hydrogens (primary N) is 1.